The van der Waals surface area contributed by atoms with Crippen molar-refractivity contribution in [3.63, 3.8) is 0 Å². The van der Waals surface area contributed by atoms with Gasteiger partial charge in [-0.1, -0.05) is 25.1 Å². The van der Waals surface area contributed by atoms with E-state index in [2.05, 4.69) is 5.32 Å². The molecule has 1 saturated heterocycles. The maximum absolute atomic E-state index is 12.4. The Balaban J connectivity index is 1.52. The fourth-order valence-electron chi connectivity index (χ4n) is 3.32. The lowest BCUT2D eigenvalue weighted by Gasteiger charge is -2.17. The van der Waals surface area contributed by atoms with Crippen LogP contribution in [0.4, 0.5) is 11.4 Å². The zero-order chi connectivity index (χ0) is 23.1. The maximum Gasteiger partial charge on any atom is 0.338 e. The molecule has 8 heteroatoms. The molecular formula is C24H26N2O6. The van der Waals surface area contributed by atoms with E-state index in [1.54, 1.807) is 36.4 Å². The number of nitrogens with zero attached hydrogens (tertiary/aromatic N) is 1. The van der Waals surface area contributed by atoms with Gasteiger partial charge in [0.15, 0.2) is 6.61 Å². The number of anilines is 2. The second-order valence-corrected chi connectivity index (χ2v) is 7.56. The molecule has 0 unspecified atom stereocenters. The average molecular weight is 438 g/mol. The molecule has 1 aliphatic heterocycles. The summed E-state index contributed by atoms with van der Waals surface area (Å²) in [6.45, 7) is 3.84. The summed E-state index contributed by atoms with van der Waals surface area (Å²) >= 11 is 0. The zero-order valence-corrected chi connectivity index (χ0v) is 18.1. The molecule has 3 rings (SSSR count). The van der Waals surface area contributed by atoms with Crippen molar-refractivity contribution in [2.24, 2.45) is 5.92 Å². The molecule has 8 nitrogen and oxygen atoms in total. The van der Waals surface area contributed by atoms with Crippen LogP contribution in [-0.4, -0.2) is 43.5 Å². The molecule has 1 aliphatic rings. The molecule has 2 aromatic carbocycles. The molecule has 168 valence electrons. The largest absolute Gasteiger partial charge is 0.462 e. The maximum atomic E-state index is 12.4. The highest BCUT2D eigenvalue weighted by atomic mass is 16.5. The zero-order valence-electron chi connectivity index (χ0n) is 18.1. The second-order valence-electron chi connectivity index (χ2n) is 7.56. The molecule has 0 aliphatic carbocycles. The highest BCUT2D eigenvalue weighted by molar-refractivity contribution is 6.00. The monoisotopic (exact) mass is 438 g/mol. The number of hydrogen-bond acceptors (Lipinski definition) is 6. The molecule has 32 heavy (non-hydrogen) atoms. The van der Waals surface area contributed by atoms with Gasteiger partial charge in [-0.25, -0.2) is 4.79 Å². The van der Waals surface area contributed by atoms with Gasteiger partial charge in [0.05, 0.1) is 18.1 Å². The van der Waals surface area contributed by atoms with Gasteiger partial charge in [0.2, 0.25) is 5.91 Å². The summed E-state index contributed by atoms with van der Waals surface area (Å²) < 4.78 is 10.2. The lowest BCUT2D eigenvalue weighted by atomic mass is 10.1. The molecule has 1 fully saturated rings. The minimum Gasteiger partial charge on any atom is -0.462 e. The SMILES string of the molecule is CCCOC(=O)c1ccc(N2C[C@@H](C(=O)OCC(=O)Nc3ccccc3C)CC2=O)cc1. The van der Waals surface area contributed by atoms with E-state index in [-0.39, 0.29) is 18.9 Å². The molecule has 1 atom stereocenters. The van der Waals surface area contributed by atoms with Crippen molar-refractivity contribution in [1.82, 2.24) is 0 Å². The van der Waals surface area contributed by atoms with E-state index in [4.69, 9.17) is 9.47 Å². The Bertz CT molecular complexity index is 1000. The van der Waals surface area contributed by atoms with E-state index in [0.717, 1.165) is 12.0 Å². The van der Waals surface area contributed by atoms with Gasteiger partial charge in [0.25, 0.3) is 5.91 Å². The molecule has 2 aromatic rings. The number of para-hydroxylation sites is 1. The Morgan fingerprint density at radius 2 is 1.78 bits per heavy atom. The fourth-order valence-corrected chi connectivity index (χ4v) is 3.32. The summed E-state index contributed by atoms with van der Waals surface area (Å²) in [4.78, 5) is 50.3. The number of rotatable bonds is 8. The average Bonchev–Trinajstić information content (AvgIpc) is 3.19. The lowest BCUT2D eigenvalue weighted by Crippen LogP contribution is -2.28. The third-order valence-electron chi connectivity index (χ3n) is 5.08. The number of esters is 2. The molecule has 0 radical (unpaired) electrons. The summed E-state index contributed by atoms with van der Waals surface area (Å²) in [6, 6.07) is 13.7. The first kappa shape index (κ1) is 23.0. The number of carbonyl (C=O) groups excluding carboxylic acids is 4. The third-order valence-corrected chi connectivity index (χ3v) is 5.08. The Morgan fingerprint density at radius 1 is 1.06 bits per heavy atom. The van der Waals surface area contributed by atoms with E-state index in [0.29, 0.717) is 23.5 Å². The number of aryl methyl sites for hydroxylation is 1. The molecule has 0 bridgehead atoms. The molecule has 1 N–H and O–H groups in total. The fraction of sp³-hybridized carbons (Fsp3) is 0.333. The normalized spacial score (nSPS) is 15.4. The Kier molecular flexibility index (Phi) is 7.59. The van der Waals surface area contributed by atoms with Crippen molar-refractivity contribution in [3.8, 4) is 0 Å². The smallest absolute Gasteiger partial charge is 0.338 e. The Morgan fingerprint density at radius 3 is 2.47 bits per heavy atom. The van der Waals surface area contributed by atoms with Crippen molar-refractivity contribution >= 4 is 35.1 Å². The van der Waals surface area contributed by atoms with Crippen LogP contribution in [0, 0.1) is 12.8 Å². The minimum absolute atomic E-state index is 0.00145. The van der Waals surface area contributed by atoms with Crippen LogP contribution in [0.5, 0.6) is 0 Å². The van der Waals surface area contributed by atoms with Crippen LogP contribution in [0.1, 0.15) is 35.7 Å². The second kappa shape index (κ2) is 10.6. The molecule has 0 saturated carbocycles. The molecule has 1 heterocycles. The predicted octanol–water partition coefficient (Wildman–Crippen LogP) is 3.10. The van der Waals surface area contributed by atoms with Crippen LogP contribution in [0.25, 0.3) is 0 Å². The Labute approximate surface area is 186 Å². The first-order chi connectivity index (χ1) is 15.4. The quantitative estimate of drug-likeness (QED) is 0.636. The van der Waals surface area contributed by atoms with Gasteiger partial charge in [-0.3, -0.25) is 14.4 Å². The minimum atomic E-state index is -0.664. The number of benzene rings is 2. The van der Waals surface area contributed by atoms with Gasteiger partial charge in [0, 0.05) is 24.3 Å². The van der Waals surface area contributed by atoms with Crippen LogP contribution in [0.15, 0.2) is 48.5 Å². The summed E-state index contributed by atoms with van der Waals surface area (Å²) in [7, 11) is 0. The van der Waals surface area contributed by atoms with Gasteiger partial charge in [-0.05, 0) is 49.2 Å². The summed E-state index contributed by atoms with van der Waals surface area (Å²) in [5.41, 5.74) is 2.52. The number of nitrogens with one attached hydrogen (secondary N) is 1. The summed E-state index contributed by atoms with van der Waals surface area (Å²) in [5, 5.41) is 2.70. The first-order valence-electron chi connectivity index (χ1n) is 10.5. The van der Waals surface area contributed by atoms with Crippen molar-refractivity contribution in [1.29, 1.82) is 0 Å². The van der Waals surface area contributed by atoms with E-state index < -0.39 is 30.4 Å². The number of hydrogen-bond donors (Lipinski definition) is 1. The lowest BCUT2D eigenvalue weighted by molar-refractivity contribution is -0.151. The van der Waals surface area contributed by atoms with Crippen LogP contribution >= 0.6 is 0 Å². The van der Waals surface area contributed by atoms with Crippen molar-refractivity contribution < 1.29 is 28.7 Å². The van der Waals surface area contributed by atoms with Crippen LogP contribution in [0.3, 0.4) is 0 Å². The highest BCUT2D eigenvalue weighted by Crippen LogP contribution is 2.26. The van der Waals surface area contributed by atoms with E-state index in [1.165, 1.54) is 4.90 Å². The van der Waals surface area contributed by atoms with Crippen molar-refractivity contribution in [2.45, 2.75) is 26.7 Å². The molecule has 0 aromatic heterocycles. The molecule has 2 amide bonds. The summed E-state index contributed by atoms with van der Waals surface area (Å²) in [6.07, 6.45) is 0.732. The van der Waals surface area contributed by atoms with Gasteiger partial charge in [-0.2, -0.15) is 0 Å². The third kappa shape index (κ3) is 5.72. The van der Waals surface area contributed by atoms with E-state index in [9.17, 15) is 19.2 Å². The van der Waals surface area contributed by atoms with Crippen LogP contribution in [-0.2, 0) is 23.9 Å². The van der Waals surface area contributed by atoms with Gasteiger partial charge >= 0.3 is 11.9 Å². The first-order valence-corrected chi connectivity index (χ1v) is 10.5. The topological polar surface area (TPSA) is 102 Å². The van der Waals surface area contributed by atoms with Crippen LogP contribution < -0.4 is 10.2 Å². The standard InChI is InChI=1S/C24H26N2O6/c1-3-12-31-23(29)17-8-10-19(11-9-17)26-14-18(13-22(26)28)24(30)32-15-21(27)25-20-7-5-4-6-16(20)2/h4-11,18H,3,12-15H2,1-2H3,(H,25,27)/t18-/m0/s1. The van der Waals surface area contributed by atoms with Gasteiger partial charge in [-0.15, -0.1) is 0 Å². The Hall–Kier alpha value is -3.68. The summed E-state index contributed by atoms with van der Waals surface area (Å²) in [5.74, 6) is -2.35. The van der Waals surface area contributed by atoms with E-state index >= 15 is 0 Å². The van der Waals surface area contributed by atoms with Crippen molar-refractivity contribution in [2.75, 3.05) is 30.0 Å². The van der Waals surface area contributed by atoms with Crippen molar-refractivity contribution in [3.05, 3.63) is 59.7 Å². The van der Waals surface area contributed by atoms with E-state index in [1.807, 2.05) is 26.0 Å². The van der Waals surface area contributed by atoms with Gasteiger partial charge in [0.1, 0.15) is 0 Å². The molecule has 0 spiro atoms. The van der Waals surface area contributed by atoms with Crippen LogP contribution in [0.2, 0.25) is 0 Å². The molecular weight excluding hydrogens is 412 g/mol. The number of amides is 2. The predicted molar refractivity (Wildman–Crippen MR) is 118 cm³/mol. The number of ether oxygens (including phenoxy) is 2. The number of carbonyl (C=O) groups is 4. The van der Waals surface area contributed by atoms with Gasteiger partial charge < -0.3 is 19.7 Å². The highest BCUT2D eigenvalue weighted by Gasteiger charge is 2.36.